The topological polar surface area (TPSA) is 92.8 Å². The summed E-state index contributed by atoms with van der Waals surface area (Å²) in [6, 6.07) is 16.7. The van der Waals surface area contributed by atoms with E-state index in [2.05, 4.69) is 5.32 Å². The molecule has 0 atom stereocenters. The molecule has 0 bridgehead atoms. The van der Waals surface area contributed by atoms with Crippen molar-refractivity contribution in [2.45, 2.75) is 24.9 Å². The van der Waals surface area contributed by atoms with Gasteiger partial charge in [0, 0.05) is 41.9 Å². The third-order valence-corrected chi connectivity index (χ3v) is 7.42. The summed E-state index contributed by atoms with van der Waals surface area (Å²) < 4.78 is 47.2. The fraction of sp³-hybridized carbons (Fsp3) is 0.200. The van der Waals surface area contributed by atoms with Crippen molar-refractivity contribution in [1.82, 2.24) is 9.62 Å². The second-order valence-electron chi connectivity index (χ2n) is 7.86. The summed E-state index contributed by atoms with van der Waals surface area (Å²) in [5.74, 6) is -0.475. The monoisotopic (exact) mass is 482 g/mol. The number of ketones is 1. The van der Waals surface area contributed by atoms with Crippen molar-refractivity contribution in [2.24, 2.45) is 0 Å². The first kappa shape index (κ1) is 23.6. The molecular formula is C25H23FN2O5S. The summed E-state index contributed by atoms with van der Waals surface area (Å²) in [5, 5.41) is 2.68. The standard InChI is InChI=1S/C25H23FN2O5S/c1-17(29)18-6-9-22(10-7-18)34(31,32)28-12-13-33-24-11-8-19(14-21(24)16-28)25(30)27-15-20-4-2-3-5-23(20)26/h2-11,14H,12-13,15-16H2,1H3,(H,27,30). The molecule has 1 aliphatic rings. The van der Waals surface area contributed by atoms with Gasteiger partial charge in [-0.15, -0.1) is 0 Å². The Morgan fingerprint density at radius 3 is 2.44 bits per heavy atom. The van der Waals surface area contributed by atoms with Gasteiger partial charge in [0.05, 0.1) is 4.90 Å². The van der Waals surface area contributed by atoms with Crippen molar-refractivity contribution in [3.63, 3.8) is 0 Å². The smallest absolute Gasteiger partial charge is 0.251 e. The predicted octanol–water partition coefficient (Wildman–Crippen LogP) is 3.54. The minimum atomic E-state index is -3.85. The van der Waals surface area contributed by atoms with Gasteiger partial charge < -0.3 is 10.1 Å². The number of hydrogen-bond acceptors (Lipinski definition) is 5. The molecule has 176 valence electrons. The van der Waals surface area contributed by atoms with E-state index in [0.717, 1.165) is 0 Å². The highest BCUT2D eigenvalue weighted by Gasteiger charge is 2.28. The van der Waals surface area contributed by atoms with Gasteiger partial charge in [0.15, 0.2) is 5.78 Å². The lowest BCUT2D eigenvalue weighted by atomic mass is 10.1. The van der Waals surface area contributed by atoms with Crippen molar-refractivity contribution >= 4 is 21.7 Å². The van der Waals surface area contributed by atoms with E-state index < -0.39 is 21.7 Å². The molecule has 4 rings (SSSR count). The van der Waals surface area contributed by atoms with Gasteiger partial charge in [-0.3, -0.25) is 9.59 Å². The number of nitrogens with zero attached hydrogens (tertiary/aromatic N) is 1. The van der Waals surface area contributed by atoms with Crippen LogP contribution in [0, 0.1) is 5.82 Å². The molecule has 0 spiro atoms. The number of halogens is 1. The number of benzene rings is 3. The highest BCUT2D eigenvalue weighted by molar-refractivity contribution is 7.89. The van der Waals surface area contributed by atoms with Crippen molar-refractivity contribution in [2.75, 3.05) is 13.2 Å². The number of carbonyl (C=O) groups is 2. The average Bonchev–Trinajstić information content (AvgIpc) is 3.06. The first-order valence-corrected chi connectivity index (χ1v) is 12.1. The minimum absolute atomic E-state index is 0.0144. The molecule has 0 aliphatic carbocycles. The number of carbonyl (C=O) groups excluding carboxylic acids is 2. The molecule has 1 heterocycles. The molecule has 3 aromatic rings. The summed E-state index contributed by atoms with van der Waals surface area (Å²) in [6.07, 6.45) is 0. The van der Waals surface area contributed by atoms with Gasteiger partial charge in [-0.2, -0.15) is 4.31 Å². The van der Waals surface area contributed by atoms with Gasteiger partial charge in [-0.25, -0.2) is 12.8 Å². The number of sulfonamides is 1. The lowest BCUT2D eigenvalue weighted by molar-refractivity contribution is 0.0949. The number of nitrogens with one attached hydrogen (secondary N) is 1. The third kappa shape index (κ3) is 5.00. The molecule has 7 nitrogen and oxygen atoms in total. The normalized spacial score (nSPS) is 13.9. The Kier molecular flexibility index (Phi) is 6.76. The Labute approximate surface area is 197 Å². The van der Waals surface area contributed by atoms with Crippen molar-refractivity contribution in [3.05, 3.63) is 94.8 Å². The Bertz CT molecular complexity index is 1340. The van der Waals surface area contributed by atoms with Gasteiger partial charge in [0.2, 0.25) is 10.0 Å². The SMILES string of the molecule is CC(=O)c1ccc(S(=O)(=O)N2CCOc3ccc(C(=O)NCc4ccccc4F)cc3C2)cc1. The molecule has 0 saturated carbocycles. The summed E-state index contributed by atoms with van der Waals surface area (Å²) in [4.78, 5) is 24.2. The highest BCUT2D eigenvalue weighted by atomic mass is 32.2. The van der Waals surface area contributed by atoms with E-state index in [0.29, 0.717) is 28.0 Å². The zero-order valence-corrected chi connectivity index (χ0v) is 19.3. The summed E-state index contributed by atoms with van der Waals surface area (Å²) in [5.41, 5.74) is 1.64. The van der Waals surface area contributed by atoms with E-state index in [-0.39, 0.29) is 36.9 Å². The maximum Gasteiger partial charge on any atom is 0.251 e. The van der Waals surface area contributed by atoms with Gasteiger partial charge in [0.1, 0.15) is 18.2 Å². The van der Waals surface area contributed by atoms with Gasteiger partial charge in [-0.05, 0) is 43.3 Å². The molecule has 1 N–H and O–H groups in total. The number of amides is 1. The van der Waals surface area contributed by atoms with Gasteiger partial charge in [-0.1, -0.05) is 30.3 Å². The highest BCUT2D eigenvalue weighted by Crippen LogP contribution is 2.28. The van der Waals surface area contributed by atoms with Crippen molar-refractivity contribution in [3.8, 4) is 5.75 Å². The van der Waals surface area contributed by atoms with Crippen LogP contribution in [-0.4, -0.2) is 37.6 Å². The molecule has 34 heavy (non-hydrogen) atoms. The zero-order chi connectivity index (χ0) is 24.3. The number of ether oxygens (including phenoxy) is 1. The Hall–Kier alpha value is -3.56. The fourth-order valence-corrected chi connectivity index (χ4v) is 5.05. The molecule has 0 saturated heterocycles. The molecule has 9 heteroatoms. The number of hydrogen-bond donors (Lipinski definition) is 1. The molecule has 0 radical (unpaired) electrons. The molecule has 1 amide bonds. The first-order valence-electron chi connectivity index (χ1n) is 10.6. The number of fused-ring (bicyclic) bond motifs is 1. The minimum Gasteiger partial charge on any atom is -0.492 e. The van der Waals surface area contributed by atoms with Crippen LogP contribution in [0.15, 0.2) is 71.6 Å². The second-order valence-corrected chi connectivity index (χ2v) is 9.80. The lowest BCUT2D eigenvalue weighted by Crippen LogP contribution is -2.32. The molecule has 3 aromatic carbocycles. The maximum absolute atomic E-state index is 13.8. The summed E-state index contributed by atoms with van der Waals surface area (Å²) >= 11 is 0. The van der Waals surface area contributed by atoms with Crippen LogP contribution in [0.4, 0.5) is 4.39 Å². The van der Waals surface area contributed by atoms with Crippen LogP contribution < -0.4 is 10.1 Å². The van der Waals surface area contributed by atoms with E-state index in [9.17, 15) is 22.4 Å². The fourth-order valence-electron chi connectivity index (χ4n) is 3.65. The van der Waals surface area contributed by atoms with E-state index in [1.54, 1.807) is 36.4 Å². The van der Waals surface area contributed by atoms with E-state index in [1.807, 2.05) is 0 Å². The third-order valence-electron chi connectivity index (χ3n) is 5.56. The zero-order valence-electron chi connectivity index (χ0n) is 18.5. The van der Waals surface area contributed by atoms with Crippen molar-refractivity contribution in [1.29, 1.82) is 0 Å². The van der Waals surface area contributed by atoms with E-state index >= 15 is 0 Å². The van der Waals surface area contributed by atoms with Crippen LogP contribution in [-0.2, 0) is 23.1 Å². The first-order chi connectivity index (χ1) is 16.3. The molecule has 1 aliphatic heterocycles. The van der Waals surface area contributed by atoms with Gasteiger partial charge in [0.25, 0.3) is 5.91 Å². The lowest BCUT2D eigenvalue weighted by Gasteiger charge is -2.20. The Morgan fingerprint density at radius 1 is 1.03 bits per heavy atom. The number of rotatable bonds is 6. The summed E-state index contributed by atoms with van der Waals surface area (Å²) in [6.45, 7) is 1.73. The van der Waals surface area contributed by atoms with E-state index in [1.165, 1.54) is 41.6 Å². The quantitative estimate of drug-likeness (QED) is 0.543. The maximum atomic E-state index is 13.8. The Morgan fingerprint density at radius 2 is 1.74 bits per heavy atom. The largest absolute Gasteiger partial charge is 0.492 e. The van der Waals surface area contributed by atoms with E-state index in [4.69, 9.17) is 4.74 Å². The van der Waals surface area contributed by atoms with Crippen LogP contribution in [0.1, 0.15) is 38.8 Å². The van der Waals surface area contributed by atoms with Crippen LogP contribution in [0.3, 0.4) is 0 Å². The Balaban J connectivity index is 1.53. The number of Topliss-reactive ketones (excluding diaryl/α,β-unsaturated/α-hetero) is 1. The average molecular weight is 483 g/mol. The van der Waals surface area contributed by atoms with Crippen LogP contribution in [0.25, 0.3) is 0 Å². The second kappa shape index (κ2) is 9.74. The van der Waals surface area contributed by atoms with Crippen LogP contribution in [0.5, 0.6) is 5.75 Å². The van der Waals surface area contributed by atoms with Crippen LogP contribution in [0.2, 0.25) is 0 Å². The molecule has 0 unspecified atom stereocenters. The van der Waals surface area contributed by atoms with Crippen LogP contribution >= 0.6 is 0 Å². The molecule has 0 aromatic heterocycles. The molecule has 0 fully saturated rings. The predicted molar refractivity (Wildman–Crippen MR) is 124 cm³/mol. The van der Waals surface area contributed by atoms with Gasteiger partial charge >= 0.3 is 0 Å². The summed E-state index contributed by atoms with van der Waals surface area (Å²) in [7, 11) is -3.85. The van der Waals surface area contributed by atoms with Crippen molar-refractivity contribution < 1.29 is 27.1 Å². The molecular weight excluding hydrogens is 459 g/mol.